The summed E-state index contributed by atoms with van der Waals surface area (Å²) in [4.78, 5) is 10.2. The molecule has 2 aromatic carbocycles. The van der Waals surface area contributed by atoms with Crippen molar-refractivity contribution in [2.24, 2.45) is 0 Å². The Morgan fingerprint density at radius 2 is 1.83 bits per heavy atom. The van der Waals surface area contributed by atoms with Crippen molar-refractivity contribution in [3.8, 4) is 0 Å². The van der Waals surface area contributed by atoms with Crippen LogP contribution in [0.15, 0.2) is 67.0 Å². The predicted molar refractivity (Wildman–Crippen MR) is 95.2 cm³/mol. The number of fused-ring (bicyclic) bond motifs is 2. The molecule has 2 aromatic heterocycles. The van der Waals surface area contributed by atoms with E-state index in [4.69, 9.17) is 0 Å². The molecule has 4 rings (SSSR count). The predicted octanol–water partition coefficient (Wildman–Crippen LogP) is 4.35. The van der Waals surface area contributed by atoms with E-state index in [-0.39, 0.29) is 0 Å². The van der Waals surface area contributed by atoms with E-state index in [2.05, 4.69) is 76.6 Å². The molecule has 23 heavy (non-hydrogen) atoms. The summed E-state index contributed by atoms with van der Waals surface area (Å²) < 4.78 is 0. The lowest BCUT2D eigenvalue weighted by Crippen LogP contribution is -2.17. The maximum absolute atomic E-state index is 4.55. The van der Waals surface area contributed by atoms with Crippen LogP contribution in [0.3, 0.4) is 0 Å². The number of hydrogen-bond donors (Lipinski definition) is 1. The van der Waals surface area contributed by atoms with Gasteiger partial charge in [0.15, 0.2) is 0 Å². The molecular formula is C20H19N3. The van der Waals surface area contributed by atoms with Gasteiger partial charge in [0, 0.05) is 41.8 Å². The topological polar surface area (TPSA) is 31.9 Å². The molecule has 0 fully saturated rings. The second kappa shape index (κ2) is 5.86. The minimum Gasteiger partial charge on any atom is -0.361 e. The van der Waals surface area contributed by atoms with E-state index in [9.17, 15) is 0 Å². The zero-order chi connectivity index (χ0) is 15.6. The highest BCUT2D eigenvalue weighted by atomic mass is 15.1. The van der Waals surface area contributed by atoms with E-state index in [0.29, 0.717) is 0 Å². The fourth-order valence-electron chi connectivity index (χ4n) is 3.12. The molecule has 0 spiro atoms. The van der Waals surface area contributed by atoms with Crippen LogP contribution < -0.4 is 0 Å². The van der Waals surface area contributed by atoms with Gasteiger partial charge >= 0.3 is 0 Å². The summed E-state index contributed by atoms with van der Waals surface area (Å²) in [5.41, 5.74) is 4.82. The van der Waals surface area contributed by atoms with E-state index in [1.807, 2.05) is 12.3 Å². The van der Waals surface area contributed by atoms with Crippen molar-refractivity contribution in [2.45, 2.75) is 13.1 Å². The number of aromatic nitrogens is 2. The number of benzene rings is 2. The first-order valence-corrected chi connectivity index (χ1v) is 7.87. The van der Waals surface area contributed by atoms with Crippen LogP contribution in [0.5, 0.6) is 0 Å². The number of pyridine rings is 1. The number of aromatic amines is 1. The molecule has 114 valence electrons. The first-order chi connectivity index (χ1) is 11.3. The fraction of sp³-hybridized carbons (Fsp3) is 0.150. The van der Waals surface area contributed by atoms with Crippen molar-refractivity contribution in [3.63, 3.8) is 0 Å². The van der Waals surface area contributed by atoms with Gasteiger partial charge in [0.05, 0.1) is 5.52 Å². The minimum atomic E-state index is 0.886. The molecule has 3 nitrogen and oxygen atoms in total. The Balaban J connectivity index is 1.53. The van der Waals surface area contributed by atoms with E-state index < -0.39 is 0 Å². The summed E-state index contributed by atoms with van der Waals surface area (Å²) in [6.45, 7) is 1.80. The number of H-pyrrole nitrogens is 1. The van der Waals surface area contributed by atoms with Crippen LogP contribution in [-0.4, -0.2) is 21.9 Å². The van der Waals surface area contributed by atoms with Crippen molar-refractivity contribution in [2.75, 3.05) is 7.05 Å². The molecule has 0 saturated heterocycles. The van der Waals surface area contributed by atoms with Crippen molar-refractivity contribution in [3.05, 3.63) is 78.1 Å². The number of rotatable bonds is 4. The smallest absolute Gasteiger partial charge is 0.0702 e. The summed E-state index contributed by atoms with van der Waals surface area (Å²) in [5.74, 6) is 0. The molecule has 2 heterocycles. The second-order valence-electron chi connectivity index (χ2n) is 6.07. The Labute approximate surface area is 135 Å². The van der Waals surface area contributed by atoms with Crippen molar-refractivity contribution < 1.29 is 0 Å². The van der Waals surface area contributed by atoms with Crippen molar-refractivity contribution in [1.82, 2.24) is 14.9 Å². The molecule has 0 unspecified atom stereocenters. The largest absolute Gasteiger partial charge is 0.361 e. The Hall–Kier alpha value is -2.65. The van der Waals surface area contributed by atoms with Gasteiger partial charge in [0.2, 0.25) is 0 Å². The Morgan fingerprint density at radius 1 is 1.00 bits per heavy atom. The molecule has 0 aliphatic heterocycles. The molecule has 1 N–H and O–H groups in total. The van der Waals surface area contributed by atoms with Gasteiger partial charge in [-0.25, -0.2) is 0 Å². The average Bonchev–Trinajstić information content (AvgIpc) is 2.98. The third kappa shape index (κ3) is 2.83. The van der Waals surface area contributed by atoms with Gasteiger partial charge in [-0.3, -0.25) is 9.88 Å². The highest BCUT2D eigenvalue weighted by Gasteiger charge is 2.07. The van der Waals surface area contributed by atoms with Crippen molar-refractivity contribution in [1.29, 1.82) is 0 Å². The molecule has 0 bridgehead atoms. The fourth-order valence-corrected chi connectivity index (χ4v) is 3.12. The quantitative estimate of drug-likeness (QED) is 0.608. The molecule has 0 amide bonds. The second-order valence-corrected chi connectivity index (χ2v) is 6.07. The maximum Gasteiger partial charge on any atom is 0.0702 e. The van der Waals surface area contributed by atoms with E-state index in [1.165, 1.54) is 27.4 Å². The lowest BCUT2D eigenvalue weighted by atomic mass is 10.1. The average molecular weight is 301 g/mol. The third-order valence-corrected chi connectivity index (χ3v) is 4.21. The van der Waals surface area contributed by atoms with Crippen LogP contribution in [0.4, 0.5) is 0 Å². The zero-order valence-electron chi connectivity index (χ0n) is 13.2. The van der Waals surface area contributed by atoms with Crippen LogP contribution in [0.1, 0.15) is 11.1 Å². The number of nitrogens with one attached hydrogen (secondary N) is 1. The summed E-state index contributed by atoms with van der Waals surface area (Å²) in [6.07, 6.45) is 4.09. The number of nitrogens with zero attached hydrogens (tertiary/aromatic N) is 2. The van der Waals surface area contributed by atoms with Gasteiger partial charge in [-0.1, -0.05) is 36.4 Å². The SMILES string of the molecule is CN(Cc1cnc2ccccc2c1)Cc1c[nH]c2ccccc12. The molecule has 4 aromatic rings. The van der Waals surface area contributed by atoms with Crippen LogP contribution in [0.25, 0.3) is 21.8 Å². The summed E-state index contributed by atoms with van der Waals surface area (Å²) in [5, 5.41) is 2.50. The highest BCUT2D eigenvalue weighted by molar-refractivity contribution is 5.83. The van der Waals surface area contributed by atoms with Crippen LogP contribution in [0.2, 0.25) is 0 Å². The summed E-state index contributed by atoms with van der Waals surface area (Å²) >= 11 is 0. The summed E-state index contributed by atoms with van der Waals surface area (Å²) in [7, 11) is 2.15. The van der Waals surface area contributed by atoms with E-state index in [1.54, 1.807) is 0 Å². The standard InChI is InChI=1S/C20H19N3/c1-23(14-17-12-22-20-9-5-3-7-18(17)20)13-15-10-16-6-2-4-8-19(16)21-11-15/h2-12,22H,13-14H2,1H3. The molecule has 0 aliphatic carbocycles. The lowest BCUT2D eigenvalue weighted by Gasteiger charge is -2.16. The molecular weight excluding hydrogens is 282 g/mol. The molecule has 0 saturated carbocycles. The zero-order valence-corrected chi connectivity index (χ0v) is 13.2. The Morgan fingerprint density at radius 3 is 2.78 bits per heavy atom. The lowest BCUT2D eigenvalue weighted by molar-refractivity contribution is 0.320. The molecule has 0 aliphatic rings. The van der Waals surface area contributed by atoms with Crippen molar-refractivity contribution >= 4 is 21.8 Å². The van der Waals surface area contributed by atoms with Gasteiger partial charge in [0.1, 0.15) is 0 Å². The highest BCUT2D eigenvalue weighted by Crippen LogP contribution is 2.20. The van der Waals surface area contributed by atoms with Gasteiger partial charge < -0.3 is 4.98 Å². The Bertz CT molecular complexity index is 955. The molecule has 3 heteroatoms. The first-order valence-electron chi connectivity index (χ1n) is 7.87. The van der Waals surface area contributed by atoms with Gasteiger partial charge in [-0.15, -0.1) is 0 Å². The minimum absolute atomic E-state index is 0.886. The van der Waals surface area contributed by atoms with Gasteiger partial charge in [-0.2, -0.15) is 0 Å². The first kappa shape index (κ1) is 14.0. The van der Waals surface area contributed by atoms with E-state index in [0.717, 1.165) is 18.6 Å². The molecule has 0 atom stereocenters. The van der Waals surface area contributed by atoms with Crippen LogP contribution in [-0.2, 0) is 13.1 Å². The monoisotopic (exact) mass is 301 g/mol. The van der Waals surface area contributed by atoms with Crippen LogP contribution in [0, 0.1) is 0 Å². The van der Waals surface area contributed by atoms with Crippen LogP contribution >= 0.6 is 0 Å². The van der Waals surface area contributed by atoms with Gasteiger partial charge in [-0.05, 0) is 36.4 Å². The maximum atomic E-state index is 4.55. The summed E-state index contributed by atoms with van der Waals surface area (Å²) in [6, 6.07) is 18.9. The number of para-hydroxylation sites is 2. The molecule has 0 radical (unpaired) electrons. The van der Waals surface area contributed by atoms with Gasteiger partial charge in [0.25, 0.3) is 0 Å². The number of hydrogen-bond acceptors (Lipinski definition) is 2. The third-order valence-electron chi connectivity index (χ3n) is 4.21. The normalized spacial score (nSPS) is 11.6. The Kier molecular flexibility index (Phi) is 3.56. The van der Waals surface area contributed by atoms with E-state index >= 15 is 0 Å².